The normalized spacial score (nSPS) is 14.8. The number of hydrogen-bond acceptors (Lipinski definition) is 1. The number of fused-ring (bicyclic) bond motifs is 6. The van der Waals surface area contributed by atoms with Gasteiger partial charge in [-0.25, -0.2) is 0 Å². The van der Waals surface area contributed by atoms with E-state index in [0.29, 0.717) is 0 Å². The lowest BCUT2D eigenvalue weighted by Gasteiger charge is -2.35. The van der Waals surface area contributed by atoms with E-state index in [1.807, 2.05) is 0 Å². The van der Waals surface area contributed by atoms with Gasteiger partial charge in [0, 0.05) is 16.9 Å². The third-order valence-corrected chi connectivity index (χ3v) is 19.7. The van der Waals surface area contributed by atoms with Crippen LogP contribution in [0, 0.1) is 0 Å². The molecule has 324 valence electrons. The molecule has 0 spiro atoms. The molecule has 0 saturated heterocycles. The highest BCUT2D eigenvalue weighted by Crippen LogP contribution is 2.60. The molecule has 0 amide bonds. The Bertz CT molecular complexity index is 3610. The van der Waals surface area contributed by atoms with Gasteiger partial charge in [-0.2, -0.15) is 0 Å². The summed E-state index contributed by atoms with van der Waals surface area (Å²) in [5, 5.41) is 5.62. The zero-order chi connectivity index (χ0) is 45.8. The zero-order valence-electron chi connectivity index (χ0n) is 38.1. The van der Waals surface area contributed by atoms with Crippen LogP contribution in [0.2, 0.25) is 0 Å². The van der Waals surface area contributed by atoms with Gasteiger partial charge in [0.1, 0.15) is 0 Å². The molecule has 1 heterocycles. The van der Waals surface area contributed by atoms with Gasteiger partial charge in [-0.05, 0) is 118 Å². The largest absolute Gasteiger partial charge is 0.310 e. The van der Waals surface area contributed by atoms with Gasteiger partial charge in [-0.3, -0.25) is 0 Å². The topological polar surface area (TPSA) is 3.24 Å². The molecule has 1 unspecified atom stereocenters. The Balaban J connectivity index is 1.10. The van der Waals surface area contributed by atoms with Crippen LogP contribution in [0.1, 0.15) is 22.3 Å². The van der Waals surface area contributed by atoms with E-state index >= 15 is 0 Å². The molecule has 11 aromatic rings. The molecule has 2 heteroatoms. The highest BCUT2D eigenvalue weighted by molar-refractivity contribution is 7.22. The maximum atomic E-state index is 2.56. The monoisotopic (exact) mass is 893 g/mol. The van der Waals surface area contributed by atoms with Crippen LogP contribution in [-0.2, 0) is 5.41 Å². The Hall–Kier alpha value is -8.56. The van der Waals surface area contributed by atoms with Crippen LogP contribution in [-0.4, -0.2) is 8.07 Å². The average molecular weight is 894 g/mol. The number of nitrogens with zero attached hydrogens (tertiary/aromatic N) is 1. The van der Waals surface area contributed by atoms with E-state index in [2.05, 4.69) is 290 Å². The van der Waals surface area contributed by atoms with Crippen molar-refractivity contribution in [2.45, 2.75) is 5.41 Å². The van der Waals surface area contributed by atoms with E-state index in [1.54, 1.807) is 0 Å². The Labute approximate surface area is 405 Å². The van der Waals surface area contributed by atoms with Crippen molar-refractivity contribution in [3.63, 3.8) is 0 Å². The summed E-state index contributed by atoms with van der Waals surface area (Å²) in [7, 11) is -2.81. The van der Waals surface area contributed by atoms with Gasteiger partial charge >= 0.3 is 0 Å². The summed E-state index contributed by atoms with van der Waals surface area (Å²) in [6, 6.07) is 106. The van der Waals surface area contributed by atoms with Crippen molar-refractivity contribution in [1.29, 1.82) is 0 Å². The van der Waals surface area contributed by atoms with E-state index in [0.717, 1.165) is 17.1 Å². The number of anilines is 3. The second kappa shape index (κ2) is 16.6. The third-order valence-electron chi connectivity index (χ3n) is 14.8. The summed E-state index contributed by atoms with van der Waals surface area (Å²) in [6.45, 7) is 0. The predicted molar refractivity (Wildman–Crippen MR) is 292 cm³/mol. The molecule has 0 N–H and O–H groups in total. The number of hydrogen-bond donors (Lipinski definition) is 0. The van der Waals surface area contributed by atoms with E-state index in [9.17, 15) is 0 Å². The molecular formula is C67H47NSi. The first-order valence-electron chi connectivity index (χ1n) is 24.0. The summed E-state index contributed by atoms with van der Waals surface area (Å²) >= 11 is 0. The fourth-order valence-corrected chi connectivity index (χ4v) is 17.2. The Morgan fingerprint density at radius 3 is 1.45 bits per heavy atom. The van der Waals surface area contributed by atoms with Crippen LogP contribution in [0.4, 0.5) is 17.1 Å². The summed E-state index contributed by atoms with van der Waals surface area (Å²) in [5.74, 6) is 0. The van der Waals surface area contributed by atoms with Crippen molar-refractivity contribution in [3.8, 4) is 44.5 Å². The van der Waals surface area contributed by atoms with Crippen molar-refractivity contribution in [2.75, 3.05) is 4.90 Å². The Morgan fingerprint density at radius 1 is 0.290 bits per heavy atom. The maximum absolute atomic E-state index is 2.81. The van der Waals surface area contributed by atoms with Crippen LogP contribution in [0.25, 0.3) is 44.5 Å². The smallest absolute Gasteiger partial charge is 0.180 e. The fourth-order valence-electron chi connectivity index (χ4n) is 12.0. The van der Waals surface area contributed by atoms with Crippen LogP contribution >= 0.6 is 0 Å². The minimum atomic E-state index is -2.81. The molecular weight excluding hydrogens is 847 g/mol. The van der Waals surface area contributed by atoms with E-state index < -0.39 is 13.5 Å². The summed E-state index contributed by atoms with van der Waals surface area (Å²) in [6.07, 6.45) is 0. The molecule has 1 atom stereocenters. The second-order valence-electron chi connectivity index (χ2n) is 18.3. The van der Waals surface area contributed by atoms with Gasteiger partial charge in [0.25, 0.3) is 0 Å². The van der Waals surface area contributed by atoms with Gasteiger partial charge in [-0.15, -0.1) is 0 Å². The SMILES string of the molecule is c1ccc(-c2ccc(N(c3ccc4c(c3)[Si](c3ccccc3)(c3ccccc3)c3ccccc3-4)c3cccc4c3-c3ccccc3C4(c3ccccc3)c3cccc(-c4ccccc4)c3)cc2)cc1. The lowest BCUT2D eigenvalue weighted by molar-refractivity contribution is 0.769. The second-order valence-corrected chi connectivity index (χ2v) is 22.0. The minimum absolute atomic E-state index is 0.598. The molecule has 0 radical (unpaired) electrons. The molecule has 1 aliphatic heterocycles. The number of rotatable bonds is 9. The lowest BCUT2D eigenvalue weighted by Crippen LogP contribution is -2.72. The summed E-state index contributed by atoms with van der Waals surface area (Å²) in [4.78, 5) is 2.55. The molecule has 11 aromatic carbocycles. The highest BCUT2D eigenvalue weighted by atomic mass is 28.3. The molecule has 2 aliphatic rings. The number of benzene rings is 11. The first kappa shape index (κ1) is 40.7. The molecule has 0 saturated carbocycles. The standard InChI is InChI=1S/C67H47NSi/c1-6-22-48(23-7-1)50-40-42-54(43-41-50)68(55-44-45-59-58-34-17-19-39-64(58)69(65(59)47-55,56-30-12-4-13-31-56)57-32-14-5-15-33-57)63-38-21-37-62-66(63)60-35-16-18-36-61(60)67(62,52-27-10-3-11-28-52)53-29-20-26-51(46-53)49-24-8-2-9-25-49/h1-47H. The Kier molecular flexibility index (Phi) is 9.81. The molecule has 0 fully saturated rings. The average Bonchev–Trinajstić information content (AvgIpc) is 3.91. The fraction of sp³-hybridized carbons (Fsp3) is 0.0149. The quantitative estimate of drug-likeness (QED) is 0.131. The van der Waals surface area contributed by atoms with Gasteiger partial charge < -0.3 is 4.90 Å². The predicted octanol–water partition coefficient (Wildman–Crippen LogP) is 14.2. The van der Waals surface area contributed by atoms with Gasteiger partial charge in [-0.1, -0.05) is 249 Å². The highest BCUT2D eigenvalue weighted by Gasteiger charge is 2.50. The molecule has 69 heavy (non-hydrogen) atoms. The zero-order valence-corrected chi connectivity index (χ0v) is 39.1. The van der Waals surface area contributed by atoms with Crippen LogP contribution in [0.15, 0.2) is 285 Å². The van der Waals surface area contributed by atoms with Crippen LogP contribution in [0.3, 0.4) is 0 Å². The maximum Gasteiger partial charge on any atom is 0.180 e. The molecule has 1 aliphatic carbocycles. The third kappa shape index (κ3) is 6.30. The van der Waals surface area contributed by atoms with Crippen molar-refractivity contribution in [2.24, 2.45) is 0 Å². The van der Waals surface area contributed by atoms with Crippen molar-refractivity contribution < 1.29 is 0 Å². The van der Waals surface area contributed by atoms with Crippen LogP contribution < -0.4 is 25.6 Å². The first-order valence-corrected chi connectivity index (χ1v) is 26.0. The van der Waals surface area contributed by atoms with Crippen LogP contribution in [0.5, 0.6) is 0 Å². The summed E-state index contributed by atoms with van der Waals surface area (Å²) in [5.41, 5.74) is 17.8. The van der Waals surface area contributed by atoms with E-state index in [4.69, 9.17) is 0 Å². The van der Waals surface area contributed by atoms with Gasteiger partial charge in [0.2, 0.25) is 0 Å². The van der Waals surface area contributed by atoms with Crippen molar-refractivity contribution in [1.82, 2.24) is 0 Å². The van der Waals surface area contributed by atoms with Crippen molar-refractivity contribution in [3.05, 3.63) is 307 Å². The van der Waals surface area contributed by atoms with E-state index in [1.165, 1.54) is 87.5 Å². The van der Waals surface area contributed by atoms with Gasteiger partial charge in [0.15, 0.2) is 8.07 Å². The summed E-state index contributed by atoms with van der Waals surface area (Å²) < 4.78 is 0. The Morgan fingerprint density at radius 2 is 0.768 bits per heavy atom. The first-order chi connectivity index (χ1) is 34.2. The molecule has 0 bridgehead atoms. The molecule has 0 aromatic heterocycles. The lowest BCUT2D eigenvalue weighted by atomic mass is 9.67. The van der Waals surface area contributed by atoms with Crippen molar-refractivity contribution >= 4 is 45.9 Å². The van der Waals surface area contributed by atoms with E-state index in [-0.39, 0.29) is 0 Å². The van der Waals surface area contributed by atoms with Gasteiger partial charge in [0.05, 0.1) is 11.1 Å². The minimum Gasteiger partial charge on any atom is -0.310 e. The molecule has 1 nitrogen and oxygen atoms in total. The molecule has 13 rings (SSSR count).